The quantitative estimate of drug-likeness (QED) is 0.722. The predicted molar refractivity (Wildman–Crippen MR) is 58.9 cm³/mol. The summed E-state index contributed by atoms with van der Waals surface area (Å²) < 4.78 is 17.9. The smallest absolute Gasteiger partial charge is 0.225 e. The van der Waals surface area contributed by atoms with Crippen LogP contribution in [0.2, 0.25) is 0 Å². The molecule has 0 aromatic carbocycles. The highest BCUT2D eigenvalue weighted by Crippen LogP contribution is 2.27. The first kappa shape index (κ1) is 11.8. The molecule has 1 unspecified atom stereocenters. The van der Waals surface area contributed by atoms with E-state index in [0.717, 1.165) is 38.6 Å². The summed E-state index contributed by atoms with van der Waals surface area (Å²) >= 11 is 0. The van der Waals surface area contributed by atoms with Crippen LogP contribution in [0.4, 0.5) is 4.39 Å². The first-order chi connectivity index (χ1) is 7.81. The largest absolute Gasteiger partial charge is 0.374 e. The molecule has 16 heavy (non-hydrogen) atoms. The van der Waals surface area contributed by atoms with Gasteiger partial charge in [-0.05, 0) is 19.3 Å². The SMILES string of the molecule is O=C(C1CCCC1)N1CCCOC(CF)C1. The van der Waals surface area contributed by atoms with Crippen molar-refractivity contribution in [1.82, 2.24) is 4.90 Å². The van der Waals surface area contributed by atoms with Gasteiger partial charge < -0.3 is 9.64 Å². The van der Waals surface area contributed by atoms with Crippen molar-refractivity contribution >= 4 is 5.91 Å². The fourth-order valence-corrected chi connectivity index (χ4v) is 2.62. The third-order valence-electron chi connectivity index (χ3n) is 3.54. The molecule has 1 aliphatic carbocycles. The summed E-state index contributed by atoms with van der Waals surface area (Å²) in [7, 11) is 0. The van der Waals surface area contributed by atoms with E-state index in [1.165, 1.54) is 0 Å². The first-order valence-corrected chi connectivity index (χ1v) is 6.27. The molecule has 2 fully saturated rings. The lowest BCUT2D eigenvalue weighted by Crippen LogP contribution is -2.40. The van der Waals surface area contributed by atoms with Crippen molar-refractivity contribution in [3.05, 3.63) is 0 Å². The van der Waals surface area contributed by atoms with Crippen LogP contribution in [0, 0.1) is 5.92 Å². The van der Waals surface area contributed by atoms with E-state index >= 15 is 0 Å². The third kappa shape index (κ3) is 2.73. The number of amides is 1. The number of carbonyl (C=O) groups is 1. The van der Waals surface area contributed by atoms with E-state index in [-0.39, 0.29) is 11.8 Å². The Morgan fingerprint density at radius 1 is 1.31 bits per heavy atom. The van der Waals surface area contributed by atoms with Crippen LogP contribution in [0.3, 0.4) is 0 Å². The normalized spacial score (nSPS) is 28.1. The average molecular weight is 229 g/mol. The van der Waals surface area contributed by atoms with Crippen molar-refractivity contribution in [2.45, 2.75) is 38.2 Å². The molecule has 1 amide bonds. The highest BCUT2D eigenvalue weighted by atomic mass is 19.1. The monoisotopic (exact) mass is 229 g/mol. The van der Waals surface area contributed by atoms with Gasteiger partial charge in [-0.2, -0.15) is 0 Å². The van der Waals surface area contributed by atoms with E-state index in [9.17, 15) is 9.18 Å². The van der Waals surface area contributed by atoms with Crippen LogP contribution >= 0.6 is 0 Å². The van der Waals surface area contributed by atoms with Gasteiger partial charge in [0.15, 0.2) is 0 Å². The standard InChI is InChI=1S/C12H20FNO2/c13-8-11-9-14(6-3-7-16-11)12(15)10-4-1-2-5-10/h10-11H,1-9H2. The molecule has 4 heteroatoms. The molecule has 1 heterocycles. The molecule has 0 aromatic rings. The molecule has 0 aromatic heterocycles. The molecule has 0 N–H and O–H groups in total. The first-order valence-electron chi connectivity index (χ1n) is 6.27. The van der Waals surface area contributed by atoms with E-state index in [1.807, 2.05) is 4.90 Å². The summed E-state index contributed by atoms with van der Waals surface area (Å²) in [6.45, 7) is 1.25. The second kappa shape index (κ2) is 5.62. The van der Waals surface area contributed by atoms with Gasteiger partial charge >= 0.3 is 0 Å². The van der Waals surface area contributed by atoms with E-state index in [2.05, 4.69) is 0 Å². The van der Waals surface area contributed by atoms with E-state index < -0.39 is 12.8 Å². The Balaban J connectivity index is 1.92. The Labute approximate surface area is 95.9 Å². The number of hydrogen-bond acceptors (Lipinski definition) is 2. The van der Waals surface area contributed by atoms with Gasteiger partial charge in [-0.15, -0.1) is 0 Å². The molecule has 2 aliphatic rings. The average Bonchev–Trinajstić information content (AvgIpc) is 2.73. The van der Waals surface area contributed by atoms with Crippen molar-refractivity contribution in [3.63, 3.8) is 0 Å². The molecule has 1 saturated heterocycles. The maximum Gasteiger partial charge on any atom is 0.225 e. The summed E-state index contributed by atoms with van der Waals surface area (Å²) in [5, 5.41) is 0. The van der Waals surface area contributed by atoms with Gasteiger partial charge in [-0.3, -0.25) is 4.79 Å². The summed E-state index contributed by atoms with van der Waals surface area (Å²) in [5.41, 5.74) is 0. The Morgan fingerprint density at radius 3 is 2.75 bits per heavy atom. The third-order valence-corrected chi connectivity index (χ3v) is 3.54. The van der Waals surface area contributed by atoms with Gasteiger partial charge in [-0.1, -0.05) is 12.8 Å². The van der Waals surface area contributed by atoms with Crippen molar-refractivity contribution in [2.24, 2.45) is 5.92 Å². The molecular formula is C12H20FNO2. The number of rotatable bonds is 2. The summed E-state index contributed by atoms with van der Waals surface area (Å²) in [5.74, 6) is 0.416. The van der Waals surface area contributed by atoms with Gasteiger partial charge in [0.05, 0.1) is 0 Å². The zero-order valence-electron chi connectivity index (χ0n) is 9.66. The van der Waals surface area contributed by atoms with Crippen LogP contribution in [-0.2, 0) is 9.53 Å². The number of nitrogens with zero attached hydrogens (tertiary/aromatic N) is 1. The molecule has 1 aliphatic heterocycles. The second-order valence-electron chi connectivity index (χ2n) is 4.77. The van der Waals surface area contributed by atoms with Crippen LogP contribution in [0.5, 0.6) is 0 Å². The number of carbonyl (C=O) groups excluding carboxylic acids is 1. The molecule has 92 valence electrons. The minimum Gasteiger partial charge on any atom is -0.374 e. The molecule has 0 radical (unpaired) electrons. The number of alkyl halides is 1. The Morgan fingerprint density at radius 2 is 2.06 bits per heavy atom. The summed E-state index contributed by atoms with van der Waals surface area (Å²) in [6, 6.07) is 0. The highest BCUT2D eigenvalue weighted by molar-refractivity contribution is 5.79. The maximum atomic E-state index is 12.6. The molecular weight excluding hydrogens is 209 g/mol. The van der Waals surface area contributed by atoms with Gasteiger partial charge in [0.2, 0.25) is 5.91 Å². The van der Waals surface area contributed by atoms with E-state index in [4.69, 9.17) is 4.74 Å². The molecule has 1 saturated carbocycles. The molecule has 0 bridgehead atoms. The number of halogens is 1. The zero-order chi connectivity index (χ0) is 11.4. The molecule has 1 atom stereocenters. The second-order valence-corrected chi connectivity index (χ2v) is 4.77. The van der Waals surface area contributed by atoms with Crippen molar-refractivity contribution in [2.75, 3.05) is 26.4 Å². The van der Waals surface area contributed by atoms with Crippen LogP contribution in [-0.4, -0.2) is 43.3 Å². The Bertz CT molecular complexity index is 241. The topological polar surface area (TPSA) is 29.5 Å². The highest BCUT2D eigenvalue weighted by Gasteiger charge is 2.29. The van der Waals surface area contributed by atoms with Gasteiger partial charge in [0.25, 0.3) is 0 Å². The fraction of sp³-hybridized carbons (Fsp3) is 0.917. The lowest BCUT2D eigenvalue weighted by molar-refractivity contribution is -0.136. The lowest BCUT2D eigenvalue weighted by Gasteiger charge is -2.25. The molecule has 0 spiro atoms. The van der Waals surface area contributed by atoms with Crippen molar-refractivity contribution in [1.29, 1.82) is 0 Å². The molecule has 3 nitrogen and oxygen atoms in total. The maximum absolute atomic E-state index is 12.6. The van der Waals surface area contributed by atoms with E-state index in [0.29, 0.717) is 13.2 Å². The Kier molecular flexibility index (Phi) is 4.16. The van der Waals surface area contributed by atoms with Gasteiger partial charge in [-0.25, -0.2) is 4.39 Å². The summed E-state index contributed by atoms with van der Waals surface area (Å²) in [4.78, 5) is 14.0. The number of ether oxygens (including phenoxy) is 1. The fourth-order valence-electron chi connectivity index (χ4n) is 2.62. The van der Waals surface area contributed by atoms with Crippen molar-refractivity contribution < 1.29 is 13.9 Å². The lowest BCUT2D eigenvalue weighted by atomic mass is 10.1. The predicted octanol–water partition coefficient (Wildman–Crippen LogP) is 1.76. The van der Waals surface area contributed by atoms with Crippen LogP contribution < -0.4 is 0 Å². The minimum atomic E-state index is -0.492. The minimum absolute atomic E-state index is 0.193. The summed E-state index contributed by atoms with van der Waals surface area (Å²) in [6.07, 6.45) is 4.76. The van der Waals surface area contributed by atoms with E-state index in [1.54, 1.807) is 0 Å². The van der Waals surface area contributed by atoms with Crippen LogP contribution in [0.1, 0.15) is 32.1 Å². The number of hydrogen-bond donors (Lipinski definition) is 0. The van der Waals surface area contributed by atoms with Crippen molar-refractivity contribution in [3.8, 4) is 0 Å². The molecule has 2 rings (SSSR count). The Hall–Kier alpha value is -0.640. The van der Waals surface area contributed by atoms with Gasteiger partial charge in [0.1, 0.15) is 12.8 Å². The zero-order valence-corrected chi connectivity index (χ0v) is 9.66. The van der Waals surface area contributed by atoms with Crippen LogP contribution in [0.15, 0.2) is 0 Å². The van der Waals surface area contributed by atoms with Gasteiger partial charge in [0, 0.05) is 25.6 Å². The van der Waals surface area contributed by atoms with Crippen LogP contribution in [0.25, 0.3) is 0 Å².